The second-order valence-corrected chi connectivity index (χ2v) is 7.29. The zero-order valence-corrected chi connectivity index (χ0v) is 16.6. The number of aryl methyl sites for hydroxylation is 4. The first-order valence-electron chi connectivity index (χ1n) is 8.71. The number of benzene rings is 2. The Kier molecular flexibility index (Phi) is 4.00. The van der Waals surface area contributed by atoms with Crippen LogP contribution < -0.4 is 0 Å². The van der Waals surface area contributed by atoms with Gasteiger partial charge in [0.1, 0.15) is 6.73 Å². The lowest BCUT2D eigenvalue weighted by molar-refractivity contribution is 0.138. The maximum atomic E-state index is 5.60. The first-order chi connectivity index (χ1) is 11.2. The molecule has 0 amide bonds. The largest absolute Gasteiger partial charge is 0.364 e. The molecule has 0 spiro atoms. The summed E-state index contributed by atoms with van der Waals surface area (Å²) in [6, 6.07) is 0. The topological polar surface area (TPSA) is 14.2 Å². The Morgan fingerprint density at radius 1 is 0.542 bits per heavy atom. The molecule has 128 valence electrons. The lowest BCUT2D eigenvalue weighted by atomic mass is 9.90. The van der Waals surface area contributed by atoms with Gasteiger partial charge in [0.2, 0.25) is 0 Å². The lowest BCUT2D eigenvalue weighted by Crippen LogP contribution is -2.04. The third-order valence-electron chi connectivity index (χ3n) is 6.36. The van der Waals surface area contributed by atoms with Gasteiger partial charge >= 0.3 is 0 Å². The molecule has 3 rings (SSSR count). The summed E-state index contributed by atoms with van der Waals surface area (Å²) in [6.07, 6.45) is 0. The van der Waals surface area contributed by atoms with Gasteiger partial charge in [0, 0.05) is 17.9 Å². The van der Waals surface area contributed by atoms with Crippen LogP contribution in [0.2, 0.25) is 0 Å². The number of nitrogens with zero attached hydrogens (tertiary/aromatic N) is 1. The number of methoxy groups -OCH3 is 1. The van der Waals surface area contributed by atoms with Crippen LogP contribution in [0.4, 0.5) is 0 Å². The van der Waals surface area contributed by atoms with Crippen molar-refractivity contribution < 1.29 is 4.74 Å². The highest BCUT2D eigenvalue weighted by Gasteiger charge is 2.22. The van der Waals surface area contributed by atoms with E-state index in [-0.39, 0.29) is 0 Å². The summed E-state index contributed by atoms with van der Waals surface area (Å²) >= 11 is 0. The van der Waals surface area contributed by atoms with E-state index in [4.69, 9.17) is 4.74 Å². The summed E-state index contributed by atoms with van der Waals surface area (Å²) < 4.78 is 7.98. The fourth-order valence-corrected chi connectivity index (χ4v) is 4.24. The van der Waals surface area contributed by atoms with Crippen molar-refractivity contribution in [3.05, 3.63) is 44.5 Å². The Morgan fingerprint density at radius 3 is 1.21 bits per heavy atom. The SMILES string of the molecule is COCn1c2c(C)c(C)c(C)c(C)c2c2c(C)c(C)c(C)c(C)c21. The average molecular weight is 323 g/mol. The maximum absolute atomic E-state index is 5.60. The maximum Gasteiger partial charge on any atom is 0.123 e. The molecular weight excluding hydrogens is 294 g/mol. The summed E-state index contributed by atoms with van der Waals surface area (Å²) in [4.78, 5) is 0. The highest BCUT2D eigenvalue weighted by Crippen LogP contribution is 2.41. The summed E-state index contributed by atoms with van der Waals surface area (Å²) in [5, 5.41) is 2.82. The summed E-state index contributed by atoms with van der Waals surface area (Å²) in [7, 11) is 1.78. The Balaban J connectivity index is 2.77. The molecule has 1 heterocycles. The van der Waals surface area contributed by atoms with Crippen LogP contribution in [0.15, 0.2) is 0 Å². The molecule has 0 fully saturated rings. The quantitative estimate of drug-likeness (QED) is 0.575. The van der Waals surface area contributed by atoms with Crippen molar-refractivity contribution >= 4 is 21.8 Å². The number of rotatable bonds is 2. The molecule has 2 heteroatoms. The normalized spacial score (nSPS) is 11.9. The minimum absolute atomic E-state index is 0.589. The Bertz CT molecular complexity index is 912. The zero-order chi connectivity index (χ0) is 17.9. The van der Waals surface area contributed by atoms with Gasteiger partial charge in [-0.15, -0.1) is 0 Å². The Hall–Kier alpha value is -1.80. The fraction of sp³-hybridized carbons (Fsp3) is 0.455. The van der Waals surface area contributed by atoms with Gasteiger partial charge in [-0.05, 0) is 99.9 Å². The summed E-state index contributed by atoms with van der Waals surface area (Å²) in [5.41, 5.74) is 13.8. The fourth-order valence-electron chi connectivity index (χ4n) is 4.24. The predicted octanol–water partition coefficient (Wildman–Crippen LogP) is 5.87. The van der Waals surface area contributed by atoms with E-state index in [2.05, 4.69) is 60.0 Å². The third-order valence-corrected chi connectivity index (χ3v) is 6.36. The smallest absolute Gasteiger partial charge is 0.123 e. The van der Waals surface area contributed by atoms with E-state index in [9.17, 15) is 0 Å². The van der Waals surface area contributed by atoms with Crippen LogP contribution in [-0.2, 0) is 11.5 Å². The predicted molar refractivity (Wildman–Crippen MR) is 104 cm³/mol. The number of hydrogen-bond acceptors (Lipinski definition) is 1. The third kappa shape index (κ3) is 1.99. The van der Waals surface area contributed by atoms with Crippen LogP contribution in [0.3, 0.4) is 0 Å². The molecule has 0 atom stereocenters. The molecule has 3 aromatic rings. The van der Waals surface area contributed by atoms with E-state index in [1.807, 2.05) is 0 Å². The highest BCUT2D eigenvalue weighted by molar-refractivity contribution is 6.14. The number of fused-ring (bicyclic) bond motifs is 3. The lowest BCUT2D eigenvalue weighted by Gasteiger charge is -2.14. The minimum atomic E-state index is 0.589. The van der Waals surface area contributed by atoms with Crippen molar-refractivity contribution in [2.24, 2.45) is 0 Å². The van der Waals surface area contributed by atoms with E-state index in [1.54, 1.807) is 7.11 Å². The standard InChI is InChI=1S/C22H29NO/c1-11-13(3)17(7)21-19(15(11)5)20-16(6)12(2)14(4)18(8)22(20)23(21)10-24-9/h10H2,1-9H3. The molecule has 0 aliphatic heterocycles. The van der Waals surface area contributed by atoms with Crippen molar-refractivity contribution in [2.45, 2.75) is 62.1 Å². The molecule has 0 unspecified atom stereocenters. The van der Waals surface area contributed by atoms with Crippen LogP contribution in [0.1, 0.15) is 44.5 Å². The van der Waals surface area contributed by atoms with Gasteiger partial charge in [0.25, 0.3) is 0 Å². The van der Waals surface area contributed by atoms with E-state index in [0.717, 1.165) is 0 Å². The molecule has 0 aliphatic rings. The van der Waals surface area contributed by atoms with Crippen LogP contribution in [0, 0.1) is 55.4 Å². The zero-order valence-electron chi connectivity index (χ0n) is 16.6. The minimum Gasteiger partial charge on any atom is -0.364 e. The van der Waals surface area contributed by atoms with Crippen LogP contribution >= 0.6 is 0 Å². The van der Waals surface area contributed by atoms with E-state index < -0.39 is 0 Å². The van der Waals surface area contributed by atoms with Crippen molar-refractivity contribution in [3.8, 4) is 0 Å². The second kappa shape index (κ2) is 5.63. The van der Waals surface area contributed by atoms with Gasteiger partial charge < -0.3 is 9.30 Å². The van der Waals surface area contributed by atoms with Gasteiger partial charge in [-0.1, -0.05) is 0 Å². The van der Waals surface area contributed by atoms with E-state index in [1.165, 1.54) is 66.3 Å². The summed E-state index contributed by atoms with van der Waals surface area (Å²) in [6.45, 7) is 18.6. The Morgan fingerprint density at radius 2 is 0.875 bits per heavy atom. The molecular formula is C22H29NO. The van der Waals surface area contributed by atoms with Crippen molar-refractivity contribution in [2.75, 3.05) is 7.11 Å². The molecule has 0 N–H and O–H groups in total. The van der Waals surface area contributed by atoms with Gasteiger partial charge in [-0.2, -0.15) is 0 Å². The molecule has 0 aliphatic carbocycles. The average Bonchev–Trinajstić information content (AvgIpc) is 2.90. The molecule has 0 saturated heterocycles. The molecule has 0 radical (unpaired) electrons. The molecule has 0 bridgehead atoms. The van der Waals surface area contributed by atoms with Crippen molar-refractivity contribution in [3.63, 3.8) is 0 Å². The van der Waals surface area contributed by atoms with Crippen LogP contribution in [0.5, 0.6) is 0 Å². The number of ether oxygens (including phenoxy) is 1. The van der Waals surface area contributed by atoms with Gasteiger partial charge in [0.15, 0.2) is 0 Å². The van der Waals surface area contributed by atoms with Crippen molar-refractivity contribution in [1.82, 2.24) is 4.57 Å². The van der Waals surface area contributed by atoms with Gasteiger partial charge in [0.05, 0.1) is 11.0 Å². The summed E-state index contributed by atoms with van der Waals surface area (Å²) in [5.74, 6) is 0. The van der Waals surface area contributed by atoms with Crippen LogP contribution in [0.25, 0.3) is 21.8 Å². The number of hydrogen-bond donors (Lipinski definition) is 0. The first-order valence-corrected chi connectivity index (χ1v) is 8.71. The number of aromatic nitrogens is 1. The molecule has 1 aromatic heterocycles. The molecule has 24 heavy (non-hydrogen) atoms. The van der Waals surface area contributed by atoms with E-state index in [0.29, 0.717) is 6.73 Å². The van der Waals surface area contributed by atoms with Gasteiger partial charge in [-0.3, -0.25) is 0 Å². The van der Waals surface area contributed by atoms with Gasteiger partial charge in [-0.25, -0.2) is 0 Å². The van der Waals surface area contributed by atoms with Crippen molar-refractivity contribution in [1.29, 1.82) is 0 Å². The molecule has 0 saturated carbocycles. The molecule has 2 nitrogen and oxygen atoms in total. The van der Waals surface area contributed by atoms with E-state index >= 15 is 0 Å². The van der Waals surface area contributed by atoms with Crippen LogP contribution in [-0.4, -0.2) is 11.7 Å². The Labute approximate surface area is 145 Å². The highest BCUT2D eigenvalue weighted by atomic mass is 16.5. The first kappa shape index (κ1) is 17.0. The monoisotopic (exact) mass is 323 g/mol. The molecule has 2 aromatic carbocycles. The second-order valence-electron chi connectivity index (χ2n) is 7.29.